The molecule has 2 amide bonds. The minimum absolute atomic E-state index is 0.0506. The Bertz CT molecular complexity index is 273. The van der Waals surface area contributed by atoms with Gasteiger partial charge in [-0.2, -0.15) is 5.06 Å². The summed E-state index contributed by atoms with van der Waals surface area (Å²) in [7, 11) is -3.22. The Kier molecular flexibility index (Phi) is 4.93. The fourth-order valence-electron chi connectivity index (χ4n) is 0.621. The standard InChI is InChI=1S/C6H13N2O5P/c1-5(9)8(11)6(10)3-7-4-14(2,12)13/h7,11H,3-4H2,1-2H3,(H,12,13). The maximum Gasteiger partial charge on any atom is 0.267 e. The van der Waals surface area contributed by atoms with Crippen molar-refractivity contribution in [3.8, 4) is 0 Å². The van der Waals surface area contributed by atoms with Gasteiger partial charge in [-0.25, -0.2) is 0 Å². The Labute approximate surface area is 81.1 Å². The van der Waals surface area contributed by atoms with Gasteiger partial charge in [0.25, 0.3) is 5.91 Å². The molecule has 0 aromatic heterocycles. The van der Waals surface area contributed by atoms with Crippen LogP contribution in [0.25, 0.3) is 0 Å². The van der Waals surface area contributed by atoms with Crippen LogP contribution in [-0.2, 0) is 14.2 Å². The lowest BCUT2D eigenvalue weighted by Crippen LogP contribution is -2.38. The molecule has 0 aromatic carbocycles. The van der Waals surface area contributed by atoms with Crippen molar-refractivity contribution in [3.05, 3.63) is 0 Å². The van der Waals surface area contributed by atoms with Gasteiger partial charge in [-0.1, -0.05) is 0 Å². The van der Waals surface area contributed by atoms with Gasteiger partial charge in [0.1, 0.15) is 0 Å². The van der Waals surface area contributed by atoms with Gasteiger partial charge < -0.3 is 4.89 Å². The molecule has 0 rings (SSSR count). The molecule has 0 heterocycles. The van der Waals surface area contributed by atoms with Gasteiger partial charge >= 0.3 is 0 Å². The lowest BCUT2D eigenvalue weighted by atomic mass is 10.5. The van der Waals surface area contributed by atoms with Crippen molar-refractivity contribution in [2.45, 2.75) is 6.92 Å². The molecule has 7 nitrogen and oxygen atoms in total. The Morgan fingerprint density at radius 1 is 1.50 bits per heavy atom. The summed E-state index contributed by atoms with van der Waals surface area (Å²) in [6.07, 6.45) is -0.246. The molecule has 14 heavy (non-hydrogen) atoms. The number of nitrogens with zero attached hydrogens (tertiary/aromatic N) is 1. The number of imide groups is 1. The molecule has 1 unspecified atom stereocenters. The highest BCUT2D eigenvalue weighted by Gasteiger charge is 2.16. The fraction of sp³-hybridized carbons (Fsp3) is 0.667. The molecular weight excluding hydrogens is 211 g/mol. The van der Waals surface area contributed by atoms with Crippen LogP contribution in [0.2, 0.25) is 0 Å². The van der Waals surface area contributed by atoms with Crippen molar-refractivity contribution in [1.29, 1.82) is 0 Å². The quantitative estimate of drug-likeness (QED) is 0.328. The van der Waals surface area contributed by atoms with E-state index >= 15 is 0 Å². The molecule has 1 atom stereocenters. The van der Waals surface area contributed by atoms with Gasteiger partial charge in [0.05, 0.1) is 12.8 Å². The second-order valence-corrected chi connectivity index (χ2v) is 5.28. The van der Waals surface area contributed by atoms with Gasteiger partial charge in [-0.05, 0) is 0 Å². The van der Waals surface area contributed by atoms with Gasteiger partial charge in [0.15, 0.2) is 0 Å². The van der Waals surface area contributed by atoms with E-state index in [9.17, 15) is 14.2 Å². The van der Waals surface area contributed by atoms with Crippen molar-refractivity contribution >= 4 is 19.2 Å². The van der Waals surface area contributed by atoms with E-state index in [1.165, 1.54) is 0 Å². The van der Waals surface area contributed by atoms with Crippen LogP contribution in [0.5, 0.6) is 0 Å². The highest BCUT2D eigenvalue weighted by atomic mass is 31.2. The number of carbonyl (C=O) groups is 2. The monoisotopic (exact) mass is 224 g/mol. The van der Waals surface area contributed by atoms with E-state index in [1.807, 2.05) is 0 Å². The molecule has 3 N–H and O–H groups in total. The zero-order valence-corrected chi connectivity index (χ0v) is 8.82. The summed E-state index contributed by atoms with van der Waals surface area (Å²) in [5.74, 6) is -1.67. The van der Waals surface area contributed by atoms with Crippen LogP contribution in [-0.4, -0.2) is 46.5 Å². The van der Waals surface area contributed by atoms with Crippen LogP contribution in [0.3, 0.4) is 0 Å². The van der Waals surface area contributed by atoms with Crippen LogP contribution in [0.15, 0.2) is 0 Å². The van der Waals surface area contributed by atoms with E-state index in [4.69, 9.17) is 10.1 Å². The lowest BCUT2D eigenvalue weighted by Gasteiger charge is -2.11. The first-order chi connectivity index (χ1) is 6.24. The molecule has 0 radical (unpaired) electrons. The van der Waals surface area contributed by atoms with Crippen LogP contribution in [0.4, 0.5) is 0 Å². The number of hydrogen-bond acceptors (Lipinski definition) is 5. The third-order valence-corrected chi connectivity index (χ3v) is 2.03. The van der Waals surface area contributed by atoms with Crippen LogP contribution in [0.1, 0.15) is 6.92 Å². The van der Waals surface area contributed by atoms with Gasteiger partial charge in [0.2, 0.25) is 13.3 Å². The Morgan fingerprint density at radius 3 is 2.36 bits per heavy atom. The molecule has 0 saturated heterocycles. The maximum atomic E-state index is 10.9. The van der Waals surface area contributed by atoms with E-state index in [2.05, 4.69) is 5.32 Å². The van der Waals surface area contributed by atoms with Crippen molar-refractivity contribution < 1.29 is 24.3 Å². The summed E-state index contributed by atoms with van der Waals surface area (Å²) < 4.78 is 10.7. The predicted octanol–water partition coefficient (Wildman–Crippen LogP) is -0.802. The maximum absolute atomic E-state index is 10.9. The summed E-state index contributed by atoms with van der Waals surface area (Å²) in [4.78, 5) is 30.2. The smallest absolute Gasteiger partial charge is 0.267 e. The molecule has 0 aliphatic rings. The first-order valence-electron chi connectivity index (χ1n) is 3.76. The van der Waals surface area contributed by atoms with Gasteiger partial charge in [-0.15, -0.1) is 0 Å². The molecule has 8 heteroatoms. The third-order valence-electron chi connectivity index (χ3n) is 1.22. The van der Waals surface area contributed by atoms with Crippen molar-refractivity contribution in [3.63, 3.8) is 0 Å². The van der Waals surface area contributed by atoms with E-state index in [0.717, 1.165) is 13.6 Å². The predicted molar refractivity (Wildman–Crippen MR) is 47.9 cm³/mol. The average Bonchev–Trinajstić information content (AvgIpc) is 2.00. The summed E-state index contributed by atoms with van der Waals surface area (Å²) in [5.41, 5.74) is 0. The number of nitrogens with one attached hydrogen (secondary N) is 1. The minimum Gasteiger partial charge on any atom is -0.344 e. The summed E-state index contributed by atoms with van der Waals surface area (Å²) >= 11 is 0. The number of hydrogen-bond donors (Lipinski definition) is 3. The molecule has 82 valence electrons. The first-order valence-corrected chi connectivity index (χ1v) is 6.05. The topological polar surface area (TPSA) is 107 Å². The van der Waals surface area contributed by atoms with Crippen molar-refractivity contribution in [2.75, 3.05) is 19.5 Å². The average molecular weight is 224 g/mol. The SMILES string of the molecule is CC(=O)N(O)C(=O)CNCP(C)(=O)O. The summed E-state index contributed by atoms with van der Waals surface area (Å²) in [6, 6.07) is 0. The first kappa shape index (κ1) is 13.2. The highest BCUT2D eigenvalue weighted by Crippen LogP contribution is 2.32. The summed E-state index contributed by atoms with van der Waals surface area (Å²) in [6.45, 7) is 1.79. The zero-order chi connectivity index (χ0) is 11.4. The van der Waals surface area contributed by atoms with Gasteiger partial charge in [0, 0.05) is 13.6 Å². The number of hydroxylamine groups is 2. The molecule has 0 bridgehead atoms. The molecule has 0 spiro atoms. The van der Waals surface area contributed by atoms with Crippen molar-refractivity contribution in [1.82, 2.24) is 10.4 Å². The second kappa shape index (κ2) is 5.21. The highest BCUT2D eigenvalue weighted by molar-refractivity contribution is 7.57. The molecule has 0 saturated carbocycles. The number of rotatable bonds is 4. The van der Waals surface area contributed by atoms with Crippen molar-refractivity contribution in [2.24, 2.45) is 0 Å². The fourth-order valence-corrected chi connectivity index (χ4v) is 1.15. The Morgan fingerprint density at radius 2 is 2.00 bits per heavy atom. The van der Waals surface area contributed by atoms with Crippen LogP contribution in [0, 0.1) is 0 Å². The zero-order valence-electron chi connectivity index (χ0n) is 7.93. The Hall–Kier alpha value is -0.750. The molecule has 0 aliphatic heterocycles. The van der Waals surface area contributed by atoms with E-state index in [1.54, 1.807) is 0 Å². The van der Waals surface area contributed by atoms with E-state index < -0.39 is 19.2 Å². The summed E-state index contributed by atoms with van der Waals surface area (Å²) in [5, 5.41) is 11.1. The van der Waals surface area contributed by atoms with Crippen LogP contribution >= 0.6 is 7.37 Å². The minimum atomic E-state index is -3.22. The molecule has 0 aliphatic carbocycles. The van der Waals surface area contributed by atoms with E-state index in [-0.39, 0.29) is 17.9 Å². The normalized spacial score (nSPS) is 14.6. The largest absolute Gasteiger partial charge is 0.344 e. The molecular formula is C6H13N2O5P. The van der Waals surface area contributed by atoms with Gasteiger partial charge in [-0.3, -0.25) is 24.7 Å². The lowest BCUT2D eigenvalue weighted by molar-refractivity contribution is -0.176. The number of carbonyl (C=O) groups excluding carboxylic acids is 2. The Balaban J connectivity index is 3.87. The second-order valence-electron chi connectivity index (χ2n) is 2.86. The van der Waals surface area contributed by atoms with Crippen LogP contribution < -0.4 is 5.32 Å². The third kappa shape index (κ3) is 5.82. The molecule has 0 fully saturated rings. The van der Waals surface area contributed by atoms with E-state index in [0.29, 0.717) is 0 Å². The molecule has 0 aromatic rings. The number of amides is 2.